The molecular formula is C13H19FN2O3. The number of nitrogens with one attached hydrogen (secondary N) is 2. The van der Waals surface area contributed by atoms with E-state index in [-0.39, 0.29) is 12.6 Å². The molecule has 3 N–H and O–H groups in total. The summed E-state index contributed by atoms with van der Waals surface area (Å²) in [5, 5.41) is 13.7. The van der Waals surface area contributed by atoms with Crippen molar-refractivity contribution in [2.75, 3.05) is 31.7 Å². The van der Waals surface area contributed by atoms with Gasteiger partial charge in [0.25, 0.3) is 0 Å². The van der Waals surface area contributed by atoms with E-state index in [9.17, 15) is 9.18 Å². The number of hydrogen-bond donors (Lipinski definition) is 3. The van der Waals surface area contributed by atoms with Gasteiger partial charge in [-0.1, -0.05) is 6.07 Å². The maximum absolute atomic E-state index is 13.0. The number of hydrogen-bond acceptors (Lipinski definition) is 3. The summed E-state index contributed by atoms with van der Waals surface area (Å²) >= 11 is 0. The first-order chi connectivity index (χ1) is 9.13. The predicted molar refractivity (Wildman–Crippen MR) is 70.7 cm³/mol. The Morgan fingerprint density at radius 2 is 2.21 bits per heavy atom. The lowest BCUT2D eigenvalue weighted by atomic mass is 10.2. The number of carbonyl (C=O) groups excluding carboxylic acids is 1. The number of carbonyl (C=O) groups is 1. The lowest BCUT2D eigenvalue weighted by Crippen LogP contribution is -2.30. The third-order valence-electron chi connectivity index (χ3n) is 2.43. The van der Waals surface area contributed by atoms with Gasteiger partial charge in [0.2, 0.25) is 0 Å². The molecule has 0 saturated carbocycles. The molecule has 0 bridgehead atoms. The lowest BCUT2D eigenvalue weighted by molar-refractivity contribution is 0.0910. The number of amides is 2. The molecule has 5 nitrogen and oxygen atoms in total. The van der Waals surface area contributed by atoms with Gasteiger partial charge in [0.1, 0.15) is 5.82 Å². The highest BCUT2D eigenvalue weighted by Gasteiger charge is 2.04. The Balaban J connectivity index is 2.25. The Morgan fingerprint density at radius 3 is 2.95 bits per heavy atom. The largest absolute Gasteiger partial charge is 0.394 e. The fraction of sp³-hybridized carbons (Fsp3) is 0.462. The van der Waals surface area contributed by atoms with Gasteiger partial charge in [-0.15, -0.1) is 0 Å². The second-order valence-electron chi connectivity index (χ2n) is 4.03. The number of rotatable bonds is 7. The molecule has 0 radical (unpaired) electrons. The fourth-order valence-corrected chi connectivity index (χ4v) is 1.44. The minimum Gasteiger partial charge on any atom is -0.394 e. The maximum Gasteiger partial charge on any atom is 0.319 e. The summed E-state index contributed by atoms with van der Waals surface area (Å²) in [5.41, 5.74) is 1.25. The normalized spacial score (nSPS) is 10.3. The molecule has 0 spiro atoms. The van der Waals surface area contributed by atoms with E-state index in [0.29, 0.717) is 31.9 Å². The molecule has 0 unspecified atom stereocenters. The van der Waals surface area contributed by atoms with Crippen molar-refractivity contribution in [2.45, 2.75) is 13.3 Å². The summed E-state index contributed by atoms with van der Waals surface area (Å²) in [7, 11) is 0. The smallest absolute Gasteiger partial charge is 0.319 e. The minimum atomic E-state index is -0.390. The third-order valence-corrected chi connectivity index (χ3v) is 2.43. The van der Waals surface area contributed by atoms with Crippen LogP contribution < -0.4 is 10.6 Å². The first-order valence-corrected chi connectivity index (χ1v) is 6.13. The third kappa shape index (κ3) is 6.17. The Bertz CT molecular complexity index is 413. The molecule has 19 heavy (non-hydrogen) atoms. The van der Waals surface area contributed by atoms with E-state index in [1.165, 1.54) is 12.1 Å². The molecule has 0 heterocycles. The summed E-state index contributed by atoms with van der Waals surface area (Å²) in [6.07, 6.45) is 0.648. The van der Waals surface area contributed by atoms with E-state index < -0.39 is 5.82 Å². The lowest BCUT2D eigenvalue weighted by Gasteiger charge is -2.10. The Morgan fingerprint density at radius 1 is 1.42 bits per heavy atom. The van der Waals surface area contributed by atoms with Crippen LogP contribution in [-0.4, -0.2) is 37.5 Å². The van der Waals surface area contributed by atoms with Crippen molar-refractivity contribution in [2.24, 2.45) is 0 Å². The van der Waals surface area contributed by atoms with Crippen LogP contribution in [0.4, 0.5) is 14.9 Å². The van der Waals surface area contributed by atoms with Crippen molar-refractivity contribution in [3.63, 3.8) is 0 Å². The molecule has 0 atom stereocenters. The van der Waals surface area contributed by atoms with Crippen LogP contribution in [0.2, 0.25) is 0 Å². The number of anilines is 1. The summed E-state index contributed by atoms with van der Waals surface area (Å²) in [6.45, 7) is 3.00. The molecule has 0 aliphatic rings. The van der Waals surface area contributed by atoms with Gasteiger partial charge < -0.3 is 20.5 Å². The molecule has 1 aromatic carbocycles. The van der Waals surface area contributed by atoms with Crippen molar-refractivity contribution in [1.29, 1.82) is 0 Å². The van der Waals surface area contributed by atoms with Gasteiger partial charge in [-0.25, -0.2) is 9.18 Å². The second kappa shape index (κ2) is 8.44. The van der Waals surface area contributed by atoms with Crippen LogP contribution in [0, 0.1) is 12.7 Å². The van der Waals surface area contributed by atoms with E-state index in [2.05, 4.69) is 10.6 Å². The topological polar surface area (TPSA) is 70.6 Å². The van der Waals surface area contributed by atoms with Crippen LogP contribution in [0.15, 0.2) is 18.2 Å². The zero-order valence-corrected chi connectivity index (χ0v) is 10.9. The Hall–Kier alpha value is -1.66. The summed E-state index contributed by atoms with van der Waals surface area (Å²) < 4.78 is 18.1. The van der Waals surface area contributed by atoms with E-state index >= 15 is 0 Å². The van der Waals surface area contributed by atoms with E-state index in [0.717, 1.165) is 5.56 Å². The molecule has 106 valence electrons. The van der Waals surface area contributed by atoms with E-state index in [4.69, 9.17) is 9.84 Å². The van der Waals surface area contributed by atoms with Crippen molar-refractivity contribution in [3.05, 3.63) is 29.6 Å². The number of ether oxygens (including phenoxy) is 1. The monoisotopic (exact) mass is 270 g/mol. The average Bonchev–Trinajstić information content (AvgIpc) is 2.38. The molecule has 6 heteroatoms. The SMILES string of the molecule is Cc1ccc(F)cc1NC(=O)NCCCOCCO. The standard InChI is InChI=1S/C13H19FN2O3/c1-10-3-4-11(14)9-12(10)16-13(18)15-5-2-7-19-8-6-17/h3-4,9,17H,2,5-8H2,1H3,(H2,15,16,18). The number of urea groups is 1. The van der Waals surface area contributed by atoms with Crippen molar-refractivity contribution in [1.82, 2.24) is 5.32 Å². The van der Waals surface area contributed by atoms with Gasteiger partial charge >= 0.3 is 6.03 Å². The summed E-state index contributed by atoms with van der Waals surface area (Å²) in [4.78, 5) is 11.5. The Kier molecular flexibility index (Phi) is 6.84. The van der Waals surface area contributed by atoms with Crippen LogP contribution in [0.1, 0.15) is 12.0 Å². The van der Waals surface area contributed by atoms with Gasteiger partial charge in [0.05, 0.1) is 13.2 Å². The van der Waals surface area contributed by atoms with Gasteiger partial charge in [0.15, 0.2) is 0 Å². The second-order valence-corrected chi connectivity index (χ2v) is 4.03. The van der Waals surface area contributed by atoms with Crippen molar-refractivity contribution in [3.8, 4) is 0 Å². The average molecular weight is 270 g/mol. The van der Waals surface area contributed by atoms with Crippen molar-refractivity contribution < 1.29 is 19.0 Å². The van der Waals surface area contributed by atoms with Crippen LogP contribution in [0.3, 0.4) is 0 Å². The van der Waals surface area contributed by atoms with Crippen LogP contribution in [0.5, 0.6) is 0 Å². The van der Waals surface area contributed by atoms with Gasteiger partial charge in [0, 0.05) is 18.8 Å². The number of halogens is 1. The predicted octanol–water partition coefficient (Wildman–Crippen LogP) is 1.65. The van der Waals surface area contributed by atoms with E-state index in [1.807, 2.05) is 0 Å². The number of aliphatic hydroxyl groups excluding tert-OH is 1. The highest BCUT2D eigenvalue weighted by molar-refractivity contribution is 5.89. The highest BCUT2D eigenvalue weighted by atomic mass is 19.1. The number of benzene rings is 1. The van der Waals surface area contributed by atoms with Gasteiger partial charge in [-0.2, -0.15) is 0 Å². The molecule has 0 aliphatic carbocycles. The number of aliphatic hydroxyl groups is 1. The van der Waals surface area contributed by atoms with Crippen LogP contribution in [-0.2, 0) is 4.74 Å². The quantitative estimate of drug-likeness (QED) is 0.660. The summed E-state index contributed by atoms with van der Waals surface area (Å²) in [5.74, 6) is -0.390. The highest BCUT2D eigenvalue weighted by Crippen LogP contribution is 2.15. The zero-order chi connectivity index (χ0) is 14.1. The Labute approximate surface area is 111 Å². The first kappa shape index (κ1) is 15.4. The fourth-order valence-electron chi connectivity index (χ4n) is 1.44. The molecule has 1 aromatic rings. The maximum atomic E-state index is 13.0. The van der Waals surface area contributed by atoms with Crippen LogP contribution in [0.25, 0.3) is 0 Å². The molecule has 2 amide bonds. The van der Waals surface area contributed by atoms with Crippen LogP contribution >= 0.6 is 0 Å². The molecule has 0 aliphatic heterocycles. The van der Waals surface area contributed by atoms with E-state index in [1.54, 1.807) is 13.0 Å². The van der Waals surface area contributed by atoms with Gasteiger partial charge in [-0.3, -0.25) is 0 Å². The van der Waals surface area contributed by atoms with Crippen molar-refractivity contribution >= 4 is 11.7 Å². The molecular weight excluding hydrogens is 251 g/mol. The van der Waals surface area contributed by atoms with Gasteiger partial charge in [-0.05, 0) is 31.0 Å². The molecule has 1 rings (SSSR count). The summed E-state index contributed by atoms with van der Waals surface area (Å²) in [6, 6.07) is 3.85. The molecule has 0 aromatic heterocycles. The first-order valence-electron chi connectivity index (χ1n) is 6.13. The molecule has 0 fully saturated rings. The molecule has 0 saturated heterocycles. The number of aryl methyl sites for hydroxylation is 1. The zero-order valence-electron chi connectivity index (χ0n) is 10.9. The minimum absolute atomic E-state index is 0.00718.